The number of hydrogen-bond donors (Lipinski definition) is 1. The van der Waals surface area contributed by atoms with Gasteiger partial charge in [-0.15, -0.1) is 6.58 Å². The first-order chi connectivity index (χ1) is 10.6. The monoisotopic (exact) mass is 302 g/mol. The molecule has 1 heterocycles. The molecule has 5 nitrogen and oxygen atoms in total. The fourth-order valence-electron chi connectivity index (χ4n) is 2.43. The highest BCUT2D eigenvalue weighted by Crippen LogP contribution is 2.31. The first-order valence-corrected chi connectivity index (χ1v) is 7.32. The smallest absolute Gasteiger partial charge is 0.411 e. The molecule has 0 aliphatic carbocycles. The van der Waals surface area contributed by atoms with Crippen molar-refractivity contribution in [3.63, 3.8) is 0 Å². The third kappa shape index (κ3) is 4.11. The Kier molecular flexibility index (Phi) is 5.61. The van der Waals surface area contributed by atoms with Crippen LogP contribution < -0.4 is 9.64 Å². The predicted octanol–water partition coefficient (Wildman–Crippen LogP) is 2.78. The lowest BCUT2D eigenvalue weighted by Gasteiger charge is -2.13. The largest absolute Gasteiger partial charge is 0.490 e. The number of fused-ring (bicyclic) bond motifs is 1. The standard InChI is InChI=1S/C17H22N2O3/c1-3-9-18(2)10-4-5-12-22-15-6-7-16-14(13-15)8-11-19(16)17(20)21/h3-7,13H,1,8-12H2,2H3,(H,20,21)/b5-4+. The van der Waals surface area contributed by atoms with Gasteiger partial charge in [0.2, 0.25) is 0 Å². The Labute approximate surface area is 131 Å². The summed E-state index contributed by atoms with van der Waals surface area (Å²) in [5.41, 5.74) is 1.79. The maximum atomic E-state index is 11.1. The van der Waals surface area contributed by atoms with Gasteiger partial charge in [-0.3, -0.25) is 9.80 Å². The van der Waals surface area contributed by atoms with Gasteiger partial charge in [0.25, 0.3) is 0 Å². The average molecular weight is 302 g/mol. The molecule has 0 bridgehead atoms. The molecule has 2 rings (SSSR count). The minimum absolute atomic E-state index is 0.503. The van der Waals surface area contributed by atoms with Crippen LogP contribution in [0.4, 0.5) is 10.5 Å². The van der Waals surface area contributed by atoms with E-state index in [9.17, 15) is 4.79 Å². The first kappa shape index (κ1) is 16.1. The van der Waals surface area contributed by atoms with Gasteiger partial charge in [-0.25, -0.2) is 4.79 Å². The van der Waals surface area contributed by atoms with Crippen LogP contribution in [0.25, 0.3) is 0 Å². The zero-order valence-corrected chi connectivity index (χ0v) is 12.9. The van der Waals surface area contributed by atoms with E-state index in [1.54, 1.807) is 0 Å². The number of amides is 1. The van der Waals surface area contributed by atoms with Crippen molar-refractivity contribution in [1.82, 2.24) is 4.90 Å². The van der Waals surface area contributed by atoms with Crippen LogP contribution in [0.5, 0.6) is 5.75 Å². The molecule has 0 aromatic heterocycles. The van der Waals surface area contributed by atoms with Crippen molar-refractivity contribution in [2.24, 2.45) is 0 Å². The summed E-state index contributed by atoms with van der Waals surface area (Å²) in [4.78, 5) is 14.6. The maximum absolute atomic E-state index is 11.1. The summed E-state index contributed by atoms with van der Waals surface area (Å²) in [7, 11) is 2.03. The number of carboxylic acid groups (broad SMARTS) is 1. The van der Waals surface area contributed by atoms with Crippen LogP contribution in [0, 0.1) is 0 Å². The number of ether oxygens (including phenoxy) is 1. The second-order valence-corrected chi connectivity index (χ2v) is 5.27. The number of anilines is 1. The van der Waals surface area contributed by atoms with Crippen molar-refractivity contribution in [3.8, 4) is 5.75 Å². The van der Waals surface area contributed by atoms with E-state index in [2.05, 4.69) is 17.6 Å². The Morgan fingerprint density at radius 1 is 1.45 bits per heavy atom. The SMILES string of the molecule is C=CCN(C)C/C=C/COc1ccc2c(c1)CCN2C(=O)O. The molecule has 0 saturated heterocycles. The van der Waals surface area contributed by atoms with Crippen LogP contribution in [-0.4, -0.2) is 49.4 Å². The summed E-state index contributed by atoms with van der Waals surface area (Å²) in [5.74, 6) is 0.773. The van der Waals surface area contributed by atoms with Gasteiger partial charge in [-0.1, -0.05) is 18.2 Å². The normalized spacial score (nSPS) is 13.6. The Morgan fingerprint density at radius 3 is 3.00 bits per heavy atom. The lowest BCUT2D eigenvalue weighted by molar-refractivity contribution is 0.202. The van der Waals surface area contributed by atoms with Crippen LogP contribution in [0.2, 0.25) is 0 Å². The van der Waals surface area contributed by atoms with E-state index in [1.807, 2.05) is 37.4 Å². The van der Waals surface area contributed by atoms with E-state index >= 15 is 0 Å². The number of hydrogen-bond acceptors (Lipinski definition) is 3. The highest BCUT2D eigenvalue weighted by molar-refractivity contribution is 5.89. The van der Waals surface area contributed by atoms with Crippen molar-refractivity contribution < 1.29 is 14.6 Å². The summed E-state index contributed by atoms with van der Waals surface area (Å²) >= 11 is 0. The van der Waals surface area contributed by atoms with Crippen LogP contribution in [-0.2, 0) is 6.42 Å². The van der Waals surface area contributed by atoms with Crippen molar-refractivity contribution in [2.75, 3.05) is 38.2 Å². The number of likely N-dealkylation sites (N-methyl/N-ethyl adjacent to an activating group) is 1. The molecule has 1 N–H and O–H groups in total. The highest BCUT2D eigenvalue weighted by Gasteiger charge is 2.24. The molecular formula is C17H22N2O3. The Balaban J connectivity index is 1.84. The average Bonchev–Trinajstić information content (AvgIpc) is 2.90. The molecule has 118 valence electrons. The van der Waals surface area contributed by atoms with E-state index in [0.29, 0.717) is 13.2 Å². The van der Waals surface area contributed by atoms with Gasteiger partial charge in [0, 0.05) is 19.6 Å². The Hall–Kier alpha value is -2.27. The van der Waals surface area contributed by atoms with Crippen molar-refractivity contribution in [1.29, 1.82) is 0 Å². The van der Waals surface area contributed by atoms with E-state index in [0.717, 1.165) is 36.5 Å². The number of carbonyl (C=O) groups is 1. The molecule has 0 spiro atoms. The second-order valence-electron chi connectivity index (χ2n) is 5.27. The molecule has 22 heavy (non-hydrogen) atoms. The van der Waals surface area contributed by atoms with E-state index < -0.39 is 6.09 Å². The van der Waals surface area contributed by atoms with Gasteiger partial charge in [0.15, 0.2) is 0 Å². The van der Waals surface area contributed by atoms with Crippen LogP contribution in [0.15, 0.2) is 43.0 Å². The fourth-order valence-corrected chi connectivity index (χ4v) is 2.43. The van der Waals surface area contributed by atoms with E-state index in [4.69, 9.17) is 9.84 Å². The van der Waals surface area contributed by atoms with Crippen molar-refractivity contribution in [3.05, 3.63) is 48.6 Å². The zero-order chi connectivity index (χ0) is 15.9. The molecule has 1 amide bonds. The number of rotatable bonds is 7. The molecule has 0 saturated carbocycles. The molecule has 0 atom stereocenters. The first-order valence-electron chi connectivity index (χ1n) is 7.32. The Bertz CT molecular complexity index is 569. The number of nitrogens with zero attached hydrogens (tertiary/aromatic N) is 2. The molecule has 1 aromatic rings. The summed E-state index contributed by atoms with van der Waals surface area (Å²) in [6.07, 6.45) is 5.74. The van der Waals surface area contributed by atoms with Gasteiger partial charge in [0.1, 0.15) is 12.4 Å². The van der Waals surface area contributed by atoms with Gasteiger partial charge >= 0.3 is 6.09 Å². The molecule has 1 aromatic carbocycles. The summed E-state index contributed by atoms with van der Waals surface area (Å²) < 4.78 is 5.68. The Morgan fingerprint density at radius 2 is 2.27 bits per heavy atom. The third-order valence-corrected chi connectivity index (χ3v) is 3.55. The molecule has 1 aliphatic heterocycles. The minimum atomic E-state index is -0.904. The minimum Gasteiger partial charge on any atom is -0.490 e. The molecule has 1 aliphatic rings. The highest BCUT2D eigenvalue weighted by atomic mass is 16.5. The third-order valence-electron chi connectivity index (χ3n) is 3.55. The number of benzene rings is 1. The topological polar surface area (TPSA) is 53.0 Å². The van der Waals surface area contributed by atoms with Crippen LogP contribution in [0.3, 0.4) is 0 Å². The summed E-state index contributed by atoms with van der Waals surface area (Å²) in [6.45, 7) is 6.43. The van der Waals surface area contributed by atoms with Gasteiger partial charge in [-0.2, -0.15) is 0 Å². The quantitative estimate of drug-likeness (QED) is 0.787. The molecule has 0 radical (unpaired) electrons. The van der Waals surface area contributed by atoms with Gasteiger partial charge in [0.05, 0.1) is 5.69 Å². The summed E-state index contributed by atoms with van der Waals surface area (Å²) in [5, 5.41) is 9.09. The lowest BCUT2D eigenvalue weighted by Crippen LogP contribution is -2.26. The molecular weight excluding hydrogens is 280 g/mol. The van der Waals surface area contributed by atoms with Crippen molar-refractivity contribution in [2.45, 2.75) is 6.42 Å². The summed E-state index contributed by atoms with van der Waals surface area (Å²) in [6, 6.07) is 5.56. The maximum Gasteiger partial charge on any atom is 0.411 e. The van der Waals surface area contributed by atoms with Crippen molar-refractivity contribution >= 4 is 11.8 Å². The van der Waals surface area contributed by atoms with Crippen LogP contribution in [0.1, 0.15) is 5.56 Å². The van der Waals surface area contributed by atoms with Gasteiger partial charge in [-0.05, 0) is 37.2 Å². The zero-order valence-electron chi connectivity index (χ0n) is 12.9. The van der Waals surface area contributed by atoms with E-state index in [1.165, 1.54) is 4.90 Å². The lowest BCUT2D eigenvalue weighted by atomic mass is 10.1. The van der Waals surface area contributed by atoms with E-state index in [-0.39, 0.29) is 0 Å². The molecule has 5 heteroatoms. The molecule has 0 fully saturated rings. The predicted molar refractivity (Wildman–Crippen MR) is 87.8 cm³/mol. The van der Waals surface area contributed by atoms with Crippen LogP contribution >= 0.6 is 0 Å². The second kappa shape index (κ2) is 7.66. The molecule has 0 unspecified atom stereocenters. The van der Waals surface area contributed by atoms with Gasteiger partial charge < -0.3 is 9.84 Å². The fraction of sp³-hybridized carbons (Fsp3) is 0.353.